The van der Waals surface area contributed by atoms with E-state index in [9.17, 15) is 9.90 Å². The molecule has 0 aliphatic carbocycles. The number of ether oxygens (including phenoxy) is 1. The highest BCUT2D eigenvalue weighted by atomic mass is 79.9. The summed E-state index contributed by atoms with van der Waals surface area (Å²) >= 11 is 3.47. The zero-order chi connectivity index (χ0) is 14.7. The fraction of sp³-hybridized carbons (Fsp3) is 0.533. The van der Waals surface area contributed by atoms with Gasteiger partial charge in [0.15, 0.2) is 0 Å². The third kappa shape index (κ3) is 1.79. The number of halogens is 1. The maximum Gasteiger partial charge on any atom is 0.407 e. The van der Waals surface area contributed by atoms with Crippen molar-refractivity contribution in [1.82, 2.24) is 4.90 Å². The van der Waals surface area contributed by atoms with Gasteiger partial charge in [0.05, 0.1) is 19.2 Å². The van der Waals surface area contributed by atoms with Crippen LogP contribution in [-0.4, -0.2) is 28.7 Å². The summed E-state index contributed by atoms with van der Waals surface area (Å²) in [6.07, 6.45) is -0.871. The van der Waals surface area contributed by atoms with E-state index in [0.717, 1.165) is 15.6 Å². The van der Waals surface area contributed by atoms with E-state index in [1.807, 2.05) is 6.07 Å². The lowest BCUT2D eigenvalue weighted by atomic mass is 9.66. The third-order valence-electron chi connectivity index (χ3n) is 4.23. The standard InChI is InChI=1S/C15H18BrNO3/c1-14(2,3)12-15(8-17(12)13(18)19)11-5-4-10(16)6-9(11)7-20-15/h4-6,12H,7-8H2,1-3H3,(H,18,19). The normalized spacial score (nSPS) is 28.4. The minimum Gasteiger partial charge on any atom is -0.465 e. The van der Waals surface area contributed by atoms with E-state index < -0.39 is 11.7 Å². The van der Waals surface area contributed by atoms with Gasteiger partial charge < -0.3 is 9.84 Å². The number of amides is 1. The Hall–Kier alpha value is -1.07. The van der Waals surface area contributed by atoms with Crippen LogP contribution in [0.15, 0.2) is 22.7 Å². The fourth-order valence-corrected chi connectivity index (χ4v) is 4.06. The van der Waals surface area contributed by atoms with Gasteiger partial charge in [-0.3, -0.25) is 4.90 Å². The maximum atomic E-state index is 11.4. The van der Waals surface area contributed by atoms with Gasteiger partial charge in [-0.05, 0) is 28.7 Å². The second-order valence-electron chi connectivity index (χ2n) is 6.66. The molecule has 1 spiro atoms. The number of likely N-dealkylation sites (tertiary alicyclic amines) is 1. The molecule has 5 heteroatoms. The summed E-state index contributed by atoms with van der Waals surface area (Å²) in [5.74, 6) is 0. The zero-order valence-electron chi connectivity index (χ0n) is 11.8. The molecule has 0 saturated carbocycles. The predicted octanol–water partition coefficient (Wildman–Crippen LogP) is 3.58. The molecule has 1 aromatic rings. The summed E-state index contributed by atoms with van der Waals surface area (Å²) in [6, 6.07) is 5.96. The minimum atomic E-state index is -0.871. The van der Waals surface area contributed by atoms with E-state index >= 15 is 0 Å². The highest BCUT2D eigenvalue weighted by Gasteiger charge is 2.63. The Morgan fingerprint density at radius 2 is 2.20 bits per heavy atom. The zero-order valence-corrected chi connectivity index (χ0v) is 13.4. The summed E-state index contributed by atoms with van der Waals surface area (Å²) in [6.45, 7) is 7.16. The average molecular weight is 340 g/mol. The number of hydrogen-bond acceptors (Lipinski definition) is 2. The summed E-state index contributed by atoms with van der Waals surface area (Å²) in [4.78, 5) is 12.9. The van der Waals surface area contributed by atoms with Crippen molar-refractivity contribution in [3.8, 4) is 0 Å². The number of hydrogen-bond donors (Lipinski definition) is 1. The average Bonchev–Trinajstić information content (AvgIpc) is 2.63. The summed E-state index contributed by atoms with van der Waals surface area (Å²) in [5.41, 5.74) is 1.63. The first-order valence-electron chi connectivity index (χ1n) is 6.68. The summed E-state index contributed by atoms with van der Waals surface area (Å²) in [7, 11) is 0. The highest BCUT2D eigenvalue weighted by molar-refractivity contribution is 9.10. The Labute approximate surface area is 126 Å². The van der Waals surface area contributed by atoms with Gasteiger partial charge >= 0.3 is 6.09 Å². The monoisotopic (exact) mass is 339 g/mol. The van der Waals surface area contributed by atoms with Gasteiger partial charge in [0.2, 0.25) is 0 Å². The van der Waals surface area contributed by atoms with Crippen LogP contribution in [0.2, 0.25) is 0 Å². The molecule has 2 aliphatic heterocycles. The molecule has 0 radical (unpaired) electrons. The Bertz CT molecular complexity index is 581. The van der Waals surface area contributed by atoms with Crippen LogP contribution in [0.1, 0.15) is 31.9 Å². The lowest BCUT2D eigenvalue weighted by molar-refractivity contribution is -0.203. The molecule has 1 amide bonds. The molecule has 1 fully saturated rings. The molecule has 2 aliphatic rings. The van der Waals surface area contributed by atoms with Crippen molar-refractivity contribution in [1.29, 1.82) is 0 Å². The Kier molecular flexibility index (Phi) is 2.93. The number of carbonyl (C=O) groups is 1. The van der Waals surface area contributed by atoms with E-state index in [1.54, 1.807) is 0 Å². The van der Waals surface area contributed by atoms with E-state index in [-0.39, 0.29) is 11.5 Å². The molecule has 1 aromatic carbocycles. The van der Waals surface area contributed by atoms with Crippen LogP contribution in [0.4, 0.5) is 4.79 Å². The molecule has 2 heterocycles. The van der Waals surface area contributed by atoms with Crippen molar-refractivity contribution in [2.75, 3.05) is 6.54 Å². The number of nitrogens with zero attached hydrogens (tertiary/aromatic N) is 1. The number of fused-ring (bicyclic) bond motifs is 2. The fourth-order valence-electron chi connectivity index (χ4n) is 3.65. The lowest BCUT2D eigenvalue weighted by Gasteiger charge is -2.58. The van der Waals surface area contributed by atoms with Gasteiger partial charge in [-0.1, -0.05) is 42.8 Å². The van der Waals surface area contributed by atoms with Gasteiger partial charge in [-0.2, -0.15) is 0 Å². The predicted molar refractivity (Wildman–Crippen MR) is 78.6 cm³/mol. The first-order chi connectivity index (χ1) is 9.25. The molecule has 3 rings (SSSR count). The Morgan fingerprint density at radius 3 is 2.80 bits per heavy atom. The highest BCUT2D eigenvalue weighted by Crippen LogP contribution is 2.53. The van der Waals surface area contributed by atoms with Crippen molar-refractivity contribution in [3.63, 3.8) is 0 Å². The van der Waals surface area contributed by atoms with Gasteiger partial charge in [0.25, 0.3) is 0 Å². The molecular weight excluding hydrogens is 322 g/mol. The molecule has 0 aromatic heterocycles. The second-order valence-corrected chi connectivity index (χ2v) is 7.57. The van der Waals surface area contributed by atoms with Crippen LogP contribution in [0.5, 0.6) is 0 Å². The van der Waals surface area contributed by atoms with E-state index in [4.69, 9.17) is 4.74 Å². The molecule has 0 bridgehead atoms. The topological polar surface area (TPSA) is 49.8 Å². The van der Waals surface area contributed by atoms with Crippen LogP contribution in [0.3, 0.4) is 0 Å². The molecule has 1 saturated heterocycles. The van der Waals surface area contributed by atoms with Crippen molar-refractivity contribution < 1.29 is 14.6 Å². The van der Waals surface area contributed by atoms with Crippen LogP contribution >= 0.6 is 15.9 Å². The molecule has 1 N–H and O–H groups in total. The first-order valence-corrected chi connectivity index (χ1v) is 7.47. The third-order valence-corrected chi connectivity index (χ3v) is 4.73. The van der Waals surface area contributed by atoms with Crippen LogP contribution in [0.25, 0.3) is 0 Å². The second kappa shape index (κ2) is 4.21. The minimum absolute atomic E-state index is 0.157. The Morgan fingerprint density at radius 1 is 1.50 bits per heavy atom. The molecule has 2 atom stereocenters. The largest absolute Gasteiger partial charge is 0.465 e. The number of benzene rings is 1. The summed E-state index contributed by atoms with van der Waals surface area (Å²) < 4.78 is 7.12. The van der Waals surface area contributed by atoms with Gasteiger partial charge in [-0.15, -0.1) is 0 Å². The van der Waals surface area contributed by atoms with Crippen molar-refractivity contribution in [2.45, 2.75) is 39.0 Å². The SMILES string of the molecule is CC(C)(C)C1N(C(=O)O)CC12OCc1cc(Br)ccc12. The van der Waals surface area contributed by atoms with E-state index in [0.29, 0.717) is 13.2 Å². The number of carboxylic acid groups (broad SMARTS) is 1. The van der Waals surface area contributed by atoms with Crippen LogP contribution < -0.4 is 0 Å². The van der Waals surface area contributed by atoms with Gasteiger partial charge in [0, 0.05) is 4.47 Å². The molecule has 108 valence electrons. The molecular formula is C15H18BrNO3. The van der Waals surface area contributed by atoms with E-state index in [2.05, 4.69) is 48.8 Å². The molecule has 4 nitrogen and oxygen atoms in total. The van der Waals surface area contributed by atoms with Crippen molar-refractivity contribution in [3.05, 3.63) is 33.8 Å². The maximum absolute atomic E-state index is 11.4. The number of rotatable bonds is 0. The van der Waals surface area contributed by atoms with Crippen LogP contribution in [0, 0.1) is 5.41 Å². The first kappa shape index (κ1) is 13.9. The van der Waals surface area contributed by atoms with Crippen molar-refractivity contribution >= 4 is 22.0 Å². The smallest absolute Gasteiger partial charge is 0.407 e. The van der Waals surface area contributed by atoms with Crippen LogP contribution in [-0.2, 0) is 16.9 Å². The lowest BCUT2D eigenvalue weighted by Crippen LogP contribution is -2.72. The van der Waals surface area contributed by atoms with Crippen molar-refractivity contribution in [2.24, 2.45) is 5.41 Å². The van der Waals surface area contributed by atoms with Gasteiger partial charge in [-0.25, -0.2) is 4.79 Å². The Balaban J connectivity index is 2.06. The summed E-state index contributed by atoms with van der Waals surface area (Å²) in [5, 5.41) is 9.37. The van der Waals surface area contributed by atoms with Gasteiger partial charge in [0.1, 0.15) is 5.60 Å². The molecule has 2 unspecified atom stereocenters. The quantitative estimate of drug-likeness (QED) is 0.785. The van der Waals surface area contributed by atoms with E-state index in [1.165, 1.54) is 4.90 Å². The molecule has 20 heavy (non-hydrogen) atoms.